The zero-order valence-corrected chi connectivity index (χ0v) is 16.6. The normalized spacial score (nSPS) is 15.3. The van der Waals surface area contributed by atoms with Crippen LogP contribution in [0.4, 0.5) is 5.69 Å². The first-order valence-electron chi connectivity index (χ1n) is 9.52. The highest BCUT2D eigenvalue weighted by Crippen LogP contribution is 2.24. The van der Waals surface area contributed by atoms with Crippen LogP contribution in [0.1, 0.15) is 11.1 Å². The summed E-state index contributed by atoms with van der Waals surface area (Å²) in [6.45, 7) is 4.39. The molecule has 0 unspecified atom stereocenters. The maximum absolute atomic E-state index is 11.0. The van der Waals surface area contributed by atoms with Crippen LogP contribution in [0, 0.1) is 10.1 Å². The van der Waals surface area contributed by atoms with Gasteiger partial charge in [-0.2, -0.15) is 5.10 Å². The van der Waals surface area contributed by atoms with Crippen molar-refractivity contribution in [3.05, 3.63) is 86.9 Å². The molecule has 1 saturated heterocycles. The molecule has 3 aromatic rings. The molecule has 0 amide bonds. The minimum atomic E-state index is -0.480. The Morgan fingerprint density at radius 2 is 1.79 bits per heavy atom. The lowest BCUT2D eigenvalue weighted by Gasteiger charge is -2.33. The number of nitro benzene ring substituents is 1. The number of piperazine rings is 1. The van der Waals surface area contributed by atoms with E-state index in [1.165, 1.54) is 28.5 Å². The molecule has 0 spiro atoms. The van der Waals surface area contributed by atoms with Crippen molar-refractivity contribution in [1.29, 1.82) is 0 Å². The Balaban J connectivity index is 1.37. The van der Waals surface area contributed by atoms with Gasteiger partial charge in [-0.3, -0.25) is 20.0 Å². The van der Waals surface area contributed by atoms with E-state index in [4.69, 9.17) is 11.6 Å². The Bertz CT molecular complexity index is 1060. The maximum atomic E-state index is 11.0. The van der Waals surface area contributed by atoms with Crippen molar-refractivity contribution in [2.45, 2.75) is 6.54 Å². The number of fused-ring (bicyclic) bond motifs is 1. The van der Waals surface area contributed by atoms with Crippen molar-refractivity contribution in [1.82, 2.24) is 9.91 Å². The van der Waals surface area contributed by atoms with E-state index in [9.17, 15) is 10.1 Å². The largest absolute Gasteiger partial charge is 0.295 e. The molecule has 3 aromatic carbocycles. The highest BCUT2D eigenvalue weighted by atomic mass is 35.5. The monoisotopic (exact) mass is 408 g/mol. The molecule has 29 heavy (non-hydrogen) atoms. The van der Waals surface area contributed by atoms with Gasteiger partial charge in [0.1, 0.15) is 5.02 Å². The number of benzene rings is 3. The van der Waals surface area contributed by atoms with Crippen LogP contribution < -0.4 is 0 Å². The van der Waals surface area contributed by atoms with Crippen LogP contribution in [0.2, 0.25) is 5.02 Å². The van der Waals surface area contributed by atoms with Gasteiger partial charge in [0.05, 0.1) is 11.1 Å². The van der Waals surface area contributed by atoms with Gasteiger partial charge < -0.3 is 0 Å². The lowest BCUT2D eigenvalue weighted by molar-refractivity contribution is -0.384. The van der Waals surface area contributed by atoms with Gasteiger partial charge in [-0.05, 0) is 22.4 Å². The molecule has 1 aliphatic heterocycles. The summed E-state index contributed by atoms with van der Waals surface area (Å²) in [6.07, 6.45) is 1.66. The molecule has 0 aromatic heterocycles. The van der Waals surface area contributed by atoms with Crippen LogP contribution >= 0.6 is 11.6 Å². The van der Waals surface area contributed by atoms with Gasteiger partial charge in [-0.15, -0.1) is 0 Å². The second kappa shape index (κ2) is 8.59. The molecule has 1 heterocycles. The predicted octanol–water partition coefficient (Wildman–Crippen LogP) is 4.55. The summed E-state index contributed by atoms with van der Waals surface area (Å²) in [5.41, 5.74) is 1.91. The average Bonchev–Trinajstić information content (AvgIpc) is 2.74. The van der Waals surface area contributed by atoms with Crippen LogP contribution in [0.5, 0.6) is 0 Å². The lowest BCUT2D eigenvalue weighted by atomic mass is 10.0. The number of hydrazone groups is 1. The lowest BCUT2D eigenvalue weighted by Crippen LogP contribution is -2.43. The van der Waals surface area contributed by atoms with Crippen LogP contribution in [-0.2, 0) is 6.54 Å². The molecule has 7 heteroatoms. The smallest absolute Gasteiger partial charge is 0.288 e. The first-order valence-corrected chi connectivity index (χ1v) is 9.90. The van der Waals surface area contributed by atoms with Crippen LogP contribution in [0.15, 0.2) is 65.8 Å². The highest BCUT2D eigenvalue weighted by Gasteiger charge is 2.17. The van der Waals surface area contributed by atoms with Gasteiger partial charge in [0.2, 0.25) is 0 Å². The van der Waals surface area contributed by atoms with E-state index in [0.717, 1.165) is 32.7 Å². The summed E-state index contributed by atoms with van der Waals surface area (Å²) in [5, 5.41) is 20.2. The van der Waals surface area contributed by atoms with E-state index in [1.807, 2.05) is 5.01 Å². The van der Waals surface area contributed by atoms with E-state index in [-0.39, 0.29) is 10.7 Å². The topological polar surface area (TPSA) is 62.0 Å². The number of nitrogens with zero attached hydrogens (tertiary/aromatic N) is 4. The Labute approximate surface area is 174 Å². The van der Waals surface area contributed by atoms with Crippen molar-refractivity contribution in [3.63, 3.8) is 0 Å². The summed E-state index contributed by atoms with van der Waals surface area (Å²) in [5.74, 6) is 0. The molecule has 0 N–H and O–H groups in total. The molecule has 1 fully saturated rings. The second-order valence-electron chi connectivity index (χ2n) is 7.08. The van der Waals surface area contributed by atoms with Crippen LogP contribution in [0.25, 0.3) is 10.8 Å². The Kier molecular flexibility index (Phi) is 5.74. The zero-order valence-electron chi connectivity index (χ0n) is 15.9. The third-order valence-electron chi connectivity index (χ3n) is 5.16. The van der Waals surface area contributed by atoms with Crippen molar-refractivity contribution in [2.24, 2.45) is 5.10 Å². The molecule has 0 atom stereocenters. The highest BCUT2D eigenvalue weighted by molar-refractivity contribution is 6.32. The van der Waals surface area contributed by atoms with Crippen molar-refractivity contribution in [2.75, 3.05) is 26.2 Å². The number of hydrogen-bond acceptors (Lipinski definition) is 5. The third-order valence-corrected chi connectivity index (χ3v) is 5.48. The van der Waals surface area contributed by atoms with Gasteiger partial charge in [-0.1, -0.05) is 60.1 Å². The van der Waals surface area contributed by atoms with E-state index in [1.54, 1.807) is 12.3 Å². The third kappa shape index (κ3) is 4.55. The van der Waals surface area contributed by atoms with Gasteiger partial charge in [0.25, 0.3) is 5.69 Å². The first-order chi connectivity index (χ1) is 14.1. The summed E-state index contributed by atoms with van der Waals surface area (Å²) in [7, 11) is 0. The Morgan fingerprint density at radius 1 is 1.03 bits per heavy atom. The molecule has 148 valence electrons. The minimum Gasteiger partial charge on any atom is -0.295 e. The van der Waals surface area contributed by atoms with E-state index >= 15 is 0 Å². The molecule has 0 aliphatic carbocycles. The quantitative estimate of drug-likeness (QED) is 0.353. The number of hydrogen-bond donors (Lipinski definition) is 0. The summed E-state index contributed by atoms with van der Waals surface area (Å²) in [4.78, 5) is 13.0. The average molecular weight is 409 g/mol. The molecule has 1 aliphatic rings. The molecule has 4 rings (SSSR count). The van der Waals surface area contributed by atoms with Gasteiger partial charge >= 0.3 is 0 Å². The van der Waals surface area contributed by atoms with Crippen molar-refractivity contribution < 1.29 is 4.92 Å². The SMILES string of the molecule is O=[N+]([O-])c1cc(/C=N/N2CCN(Cc3cccc4ccccc34)CC2)ccc1Cl. The van der Waals surface area contributed by atoms with Crippen molar-refractivity contribution >= 4 is 34.3 Å². The molecular formula is C22H21ClN4O2. The Hall–Kier alpha value is -2.96. The number of rotatable bonds is 5. The fourth-order valence-electron chi connectivity index (χ4n) is 3.58. The molecule has 0 saturated carbocycles. The molecular weight excluding hydrogens is 388 g/mol. The van der Waals surface area contributed by atoms with E-state index < -0.39 is 4.92 Å². The zero-order chi connectivity index (χ0) is 20.2. The Morgan fingerprint density at radius 3 is 2.59 bits per heavy atom. The van der Waals surface area contributed by atoms with Crippen LogP contribution in [0.3, 0.4) is 0 Å². The standard InChI is InChI=1S/C22H21ClN4O2/c23-21-9-8-17(14-22(21)27(28)29)15-24-26-12-10-25(11-13-26)16-19-6-3-5-18-4-1-2-7-20(18)19/h1-9,14-15H,10-13,16H2/b24-15+. The first kappa shape index (κ1) is 19.4. The summed E-state index contributed by atoms with van der Waals surface area (Å²) in [6, 6.07) is 19.6. The number of halogens is 1. The van der Waals surface area contributed by atoms with E-state index in [0.29, 0.717) is 5.56 Å². The molecule has 6 nitrogen and oxygen atoms in total. The predicted molar refractivity (Wildman–Crippen MR) is 116 cm³/mol. The summed E-state index contributed by atoms with van der Waals surface area (Å²) >= 11 is 5.86. The molecule has 0 radical (unpaired) electrons. The fraction of sp³-hybridized carbons (Fsp3) is 0.227. The second-order valence-corrected chi connectivity index (χ2v) is 7.49. The van der Waals surface area contributed by atoms with Gasteiger partial charge in [0, 0.05) is 44.4 Å². The van der Waals surface area contributed by atoms with Gasteiger partial charge in [-0.25, -0.2) is 0 Å². The molecule has 0 bridgehead atoms. The summed E-state index contributed by atoms with van der Waals surface area (Å²) < 4.78 is 0. The van der Waals surface area contributed by atoms with Crippen LogP contribution in [-0.4, -0.2) is 47.2 Å². The van der Waals surface area contributed by atoms with E-state index in [2.05, 4.69) is 52.5 Å². The van der Waals surface area contributed by atoms with Gasteiger partial charge in [0.15, 0.2) is 0 Å². The number of nitro groups is 1. The van der Waals surface area contributed by atoms with Crippen molar-refractivity contribution in [3.8, 4) is 0 Å². The maximum Gasteiger partial charge on any atom is 0.288 e. The fourth-order valence-corrected chi connectivity index (χ4v) is 3.77. The minimum absolute atomic E-state index is 0.101.